The summed E-state index contributed by atoms with van der Waals surface area (Å²) >= 11 is 10.7. The van der Waals surface area contributed by atoms with E-state index in [1.165, 1.54) is 0 Å². The summed E-state index contributed by atoms with van der Waals surface area (Å²) in [6.07, 6.45) is 1.54. The van der Waals surface area contributed by atoms with E-state index < -0.39 is 0 Å². The molecular weight excluding hydrogens is 256 g/mol. The maximum atomic E-state index is 5.80. The van der Waals surface area contributed by atoms with Crippen molar-refractivity contribution in [3.8, 4) is 0 Å². The van der Waals surface area contributed by atoms with Crippen LogP contribution in [0.3, 0.4) is 0 Å². The molecule has 4 nitrogen and oxygen atoms in total. The van der Waals surface area contributed by atoms with Crippen molar-refractivity contribution < 1.29 is 0 Å². The quantitative estimate of drug-likeness (QED) is 0.834. The van der Waals surface area contributed by atoms with Crippen LogP contribution in [-0.4, -0.2) is 15.2 Å². The Bertz CT molecular complexity index is 541. The minimum Gasteiger partial charge on any atom is -0.389 e. The second-order valence-electron chi connectivity index (χ2n) is 3.29. The van der Waals surface area contributed by atoms with Gasteiger partial charge in [-0.15, -0.1) is 5.10 Å². The van der Waals surface area contributed by atoms with Gasteiger partial charge < -0.3 is 11.1 Å². The molecule has 0 unspecified atom stereocenters. The molecule has 0 saturated heterocycles. The number of rotatable bonds is 3. The number of aromatic nitrogens is 2. The number of nitrogens with one attached hydrogen (secondary N) is 1. The third-order valence-electron chi connectivity index (χ3n) is 2.09. The molecule has 1 heterocycles. The summed E-state index contributed by atoms with van der Waals surface area (Å²) in [6.45, 7) is 0. The Morgan fingerprint density at radius 1 is 1.24 bits per heavy atom. The van der Waals surface area contributed by atoms with E-state index in [0.29, 0.717) is 16.4 Å². The summed E-state index contributed by atoms with van der Waals surface area (Å²) < 4.78 is 0. The zero-order valence-electron chi connectivity index (χ0n) is 8.72. The SMILES string of the molecule is NC(=S)c1ccnnc1Nc1ccc(Cl)cc1. The van der Waals surface area contributed by atoms with Gasteiger partial charge in [0, 0.05) is 10.7 Å². The molecule has 0 atom stereocenters. The predicted octanol–water partition coefficient (Wildman–Crippen LogP) is 2.51. The lowest BCUT2D eigenvalue weighted by atomic mass is 10.2. The van der Waals surface area contributed by atoms with Crippen molar-refractivity contribution in [1.82, 2.24) is 10.2 Å². The zero-order chi connectivity index (χ0) is 12.3. The lowest BCUT2D eigenvalue weighted by Gasteiger charge is -2.08. The van der Waals surface area contributed by atoms with Crippen LogP contribution in [0.1, 0.15) is 5.56 Å². The summed E-state index contributed by atoms with van der Waals surface area (Å²) in [4.78, 5) is 0.274. The van der Waals surface area contributed by atoms with Crippen molar-refractivity contribution in [3.63, 3.8) is 0 Å². The Kier molecular flexibility index (Phi) is 3.51. The van der Waals surface area contributed by atoms with Crippen LogP contribution in [0.5, 0.6) is 0 Å². The summed E-state index contributed by atoms with van der Waals surface area (Å²) in [5.41, 5.74) is 7.09. The van der Waals surface area contributed by atoms with Crippen LogP contribution in [0.4, 0.5) is 11.5 Å². The number of nitrogens with zero attached hydrogens (tertiary/aromatic N) is 2. The molecule has 1 aromatic carbocycles. The second kappa shape index (κ2) is 5.07. The first-order chi connectivity index (χ1) is 8.16. The fourth-order valence-electron chi connectivity index (χ4n) is 1.29. The van der Waals surface area contributed by atoms with Gasteiger partial charge in [-0.05, 0) is 30.3 Å². The highest BCUT2D eigenvalue weighted by molar-refractivity contribution is 7.80. The molecule has 3 N–H and O–H groups in total. The monoisotopic (exact) mass is 264 g/mol. The highest BCUT2D eigenvalue weighted by Gasteiger charge is 2.06. The van der Waals surface area contributed by atoms with E-state index in [1.807, 2.05) is 12.1 Å². The van der Waals surface area contributed by atoms with Crippen molar-refractivity contribution >= 4 is 40.3 Å². The highest BCUT2D eigenvalue weighted by atomic mass is 35.5. The van der Waals surface area contributed by atoms with E-state index in [0.717, 1.165) is 5.69 Å². The molecule has 86 valence electrons. The van der Waals surface area contributed by atoms with Crippen molar-refractivity contribution in [1.29, 1.82) is 0 Å². The number of thiocarbonyl (C=S) groups is 1. The van der Waals surface area contributed by atoms with Gasteiger partial charge in [-0.3, -0.25) is 0 Å². The minimum absolute atomic E-state index is 0.274. The first kappa shape index (κ1) is 11.8. The zero-order valence-corrected chi connectivity index (χ0v) is 10.3. The molecule has 6 heteroatoms. The van der Waals surface area contributed by atoms with E-state index in [-0.39, 0.29) is 4.99 Å². The first-order valence-corrected chi connectivity index (χ1v) is 5.59. The Balaban J connectivity index is 2.30. The van der Waals surface area contributed by atoms with Crippen molar-refractivity contribution in [2.75, 3.05) is 5.32 Å². The second-order valence-corrected chi connectivity index (χ2v) is 4.17. The molecule has 1 aromatic heterocycles. The fourth-order valence-corrected chi connectivity index (χ4v) is 1.58. The van der Waals surface area contributed by atoms with E-state index in [4.69, 9.17) is 29.6 Å². The van der Waals surface area contributed by atoms with Crippen molar-refractivity contribution in [2.45, 2.75) is 0 Å². The van der Waals surface area contributed by atoms with Crippen LogP contribution in [0, 0.1) is 0 Å². The van der Waals surface area contributed by atoms with E-state index in [2.05, 4.69) is 15.5 Å². The third-order valence-corrected chi connectivity index (χ3v) is 2.57. The van der Waals surface area contributed by atoms with Crippen LogP contribution in [0.15, 0.2) is 36.5 Å². The van der Waals surface area contributed by atoms with Crippen molar-refractivity contribution in [2.24, 2.45) is 5.73 Å². The molecule has 17 heavy (non-hydrogen) atoms. The van der Waals surface area contributed by atoms with Crippen LogP contribution in [0.2, 0.25) is 5.02 Å². The van der Waals surface area contributed by atoms with Crippen LogP contribution in [-0.2, 0) is 0 Å². The molecule has 2 rings (SSSR count). The molecule has 0 aliphatic carbocycles. The maximum absolute atomic E-state index is 5.80. The van der Waals surface area contributed by atoms with Gasteiger partial charge in [-0.2, -0.15) is 5.10 Å². The lowest BCUT2D eigenvalue weighted by Crippen LogP contribution is -2.13. The predicted molar refractivity (Wildman–Crippen MR) is 72.7 cm³/mol. The molecule has 0 aliphatic rings. The van der Waals surface area contributed by atoms with E-state index in [9.17, 15) is 0 Å². The molecule has 0 aliphatic heterocycles. The van der Waals surface area contributed by atoms with Crippen LogP contribution >= 0.6 is 23.8 Å². The highest BCUT2D eigenvalue weighted by Crippen LogP contribution is 2.19. The fraction of sp³-hybridized carbons (Fsp3) is 0. The topological polar surface area (TPSA) is 63.8 Å². The van der Waals surface area contributed by atoms with Gasteiger partial charge in [0.1, 0.15) is 4.99 Å². The van der Waals surface area contributed by atoms with Gasteiger partial charge in [0.2, 0.25) is 0 Å². The molecule has 2 aromatic rings. The van der Waals surface area contributed by atoms with Gasteiger partial charge >= 0.3 is 0 Å². The van der Waals surface area contributed by atoms with E-state index >= 15 is 0 Å². The normalized spacial score (nSPS) is 9.94. The van der Waals surface area contributed by atoms with Gasteiger partial charge in [-0.25, -0.2) is 0 Å². The lowest BCUT2D eigenvalue weighted by molar-refractivity contribution is 1.03. The Hall–Kier alpha value is -1.72. The molecule has 0 saturated carbocycles. The summed E-state index contributed by atoms with van der Waals surface area (Å²) in [5.74, 6) is 0.530. The number of hydrogen-bond acceptors (Lipinski definition) is 4. The van der Waals surface area contributed by atoms with Gasteiger partial charge in [-0.1, -0.05) is 23.8 Å². The van der Waals surface area contributed by atoms with E-state index in [1.54, 1.807) is 24.4 Å². The Labute approximate surface area is 109 Å². The molecule has 0 bridgehead atoms. The molecular formula is C11H9ClN4S. The van der Waals surface area contributed by atoms with Crippen LogP contribution in [0.25, 0.3) is 0 Å². The van der Waals surface area contributed by atoms with Gasteiger partial charge in [0.15, 0.2) is 5.82 Å². The number of anilines is 2. The number of halogens is 1. The smallest absolute Gasteiger partial charge is 0.163 e. The van der Waals surface area contributed by atoms with Gasteiger partial charge in [0.05, 0.1) is 11.8 Å². The molecule has 0 fully saturated rings. The Morgan fingerprint density at radius 2 is 1.94 bits per heavy atom. The minimum atomic E-state index is 0.274. The summed E-state index contributed by atoms with van der Waals surface area (Å²) in [6, 6.07) is 8.94. The molecule has 0 radical (unpaired) electrons. The Morgan fingerprint density at radius 3 is 2.59 bits per heavy atom. The first-order valence-electron chi connectivity index (χ1n) is 4.81. The number of nitrogens with two attached hydrogens (primary N) is 1. The van der Waals surface area contributed by atoms with Crippen molar-refractivity contribution in [3.05, 3.63) is 47.1 Å². The summed E-state index contributed by atoms with van der Waals surface area (Å²) in [7, 11) is 0. The van der Waals surface area contributed by atoms with Crippen LogP contribution < -0.4 is 11.1 Å². The number of hydrogen-bond donors (Lipinski definition) is 2. The van der Waals surface area contributed by atoms with Gasteiger partial charge in [0.25, 0.3) is 0 Å². The average molecular weight is 265 g/mol. The third kappa shape index (κ3) is 2.89. The largest absolute Gasteiger partial charge is 0.389 e. The number of benzene rings is 1. The maximum Gasteiger partial charge on any atom is 0.163 e. The molecule has 0 spiro atoms. The average Bonchev–Trinajstić information content (AvgIpc) is 2.32. The standard InChI is InChI=1S/C11H9ClN4S/c12-7-1-3-8(4-2-7)15-11-9(10(13)17)5-6-14-16-11/h1-6H,(H2,13,17)(H,15,16). The molecule has 0 amide bonds. The summed E-state index contributed by atoms with van der Waals surface area (Å²) in [5, 5.41) is 11.5.